The van der Waals surface area contributed by atoms with Crippen LogP contribution < -0.4 is 9.47 Å². The lowest BCUT2D eigenvalue weighted by atomic mass is 10.0. The van der Waals surface area contributed by atoms with Crippen LogP contribution in [0.2, 0.25) is 5.02 Å². The second kappa shape index (κ2) is 7.44. The van der Waals surface area contributed by atoms with Crippen LogP contribution >= 0.6 is 11.6 Å². The van der Waals surface area contributed by atoms with Gasteiger partial charge in [-0.05, 0) is 36.4 Å². The molecule has 0 aliphatic rings. The normalized spacial score (nSPS) is 10.9. The maximum Gasteiger partial charge on any atom is 0.270 e. The van der Waals surface area contributed by atoms with Gasteiger partial charge in [0.15, 0.2) is 0 Å². The summed E-state index contributed by atoms with van der Waals surface area (Å²) in [6, 6.07) is 13.3. The molecule has 0 bridgehead atoms. The first-order valence-electron chi connectivity index (χ1n) is 8.68. The highest BCUT2D eigenvalue weighted by Gasteiger charge is 2.20. The van der Waals surface area contributed by atoms with Gasteiger partial charge in [-0.2, -0.15) is 0 Å². The molecule has 0 aliphatic heterocycles. The van der Waals surface area contributed by atoms with Gasteiger partial charge >= 0.3 is 0 Å². The predicted molar refractivity (Wildman–Crippen MR) is 111 cm³/mol. The van der Waals surface area contributed by atoms with Gasteiger partial charge in [0, 0.05) is 53.1 Å². The van der Waals surface area contributed by atoms with E-state index in [0.29, 0.717) is 28.0 Å². The van der Waals surface area contributed by atoms with E-state index in [1.165, 1.54) is 12.1 Å². The Bertz CT molecular complexity index is 1220. The number of hydrogen-bond donors (Lipinski definition) is 0. The lowest BCUT2D eigenvalue weighted by Gasteiger charge is -2.11. The monoisotopic (exact) mass is 409 g/mol. The Morgan fingerprint density at radius 3 is 2.55 bits per heavy atom. The van der Waals surface area contributed by atoms with Gasteiger partial charge in [0.25, 0.3) is 5.69 Å². The molecule has 146 valence electrons. The number of hydrogen-bond acceptors (Lipinski definition) is 5. The summed E-state index contributed by atoms with van der Waals surface area (Å²) in [5.74, 6) is 1.53. The van der Waals surface area contributed by atoms with Crippen LogP contribution in [0.5, 0.6) is 17.4 Å². The molecule has 0 atom stereocenters. The van der Waals surface area contributed by atoms with Crippen LogP contribution in [0, 0.1) is 10.1 Å². The van der Waals surface area contributed by atoms with Crippen molar-refractivity contribution < 1.29 is 14.4 Å². The maximum atomic E-state index is 11.4. The second-order valence-corrected chi connectivity index (χ2v) is 6.80. The van der Waals surface area contributed by atoms with Crippen LogP contribution in [0.1, 0.15) is 0 Å². The number of nitrogens with zero attached hydrogens (tertiary/aromatic N) is 3. The van der Waals surface area contributed by atoms with Crippen LogP contribution in [-0.2, 0) is 7.05 Å². The summed E-state index contributed by atoms with van der Waals surface area (Å²) in [6.07, 6.45) is 3.52. The Hall–Kier alpha value is -3.58. The lowest BCUT2D eigenvalue weighted by molar-refractivity contribution is -0.384. The number of non-ortho nitro benzene ring substituents is 1. The van der Waals surface area contributed by atoms with Crippen molar-refractivity contribution >= 4 is 28.2 Å². The zero-order valence-electron chi connectivity index (χ0n) is 15.6. The minimum Gasteiger partial charge on any atom is -0.479 e. The number of benzene rings is 2. The fourth-order valence-electron chi connectivity index (χ4n) is 3.25. The molecule has 7 nitrogen and oxygen atoms in total. The summed E-state index contributed by atoms with van der Waals surface area (Å²) in [4.78, 5) is 15.2. The van der Waals surface area contributed by atoms with Crippen LogP contribution in [0.3, 0.4) is 0 Å². The Kier molecular flexibility index (Phi) is 4.82. The molecule has 8 heteroatoms. The molecule has 0 spiro atoms. The fourth-order valence-corrected chi connectivity index (χ4v) is 3.37. The molecule has 4 rings (SSSR count). The van der Waals surface area contributed by atoms with Crippen molar-refractivity contribution in [2.45, 2.75) is 0 Å². The van der Waals surface area contributed by atoms with Crippen molar-refractivity contribution in [3.63, 3.8) is 0 Å². The molecule has 0 N–H and O–H groups in total. The summed E-state index contributed by atoms with van der Waals surface area (Å²) in [5.41, 5.74) is 2.12. The molecule has 0 amide bonds. The Balaban J connectivity index is 1.92. The molecule has 4 aromatic rings. The Morgan fingerprint density at radius 2 is 1.86 bits per heavy atom. The minimum atomic E-state index is -0.428. The third-order valence-electron chi connectivity index (χ3n) is 4.56. The number of aryl methyl sites for hydroxylation is 1. The molecule has 2 aromatic carbocycles. The van der Waals surface area contributed by atoms with Gasteiger partial charge in [0.1, 0.15) is 17.0 Å². The molecule has 0 fully saturated rings. The Morgan fingerprint density at radius 1 is 1.10 bits per heavy atom. The van der Waals surface area contributed by atoms with Crippen LogP contribution in [0.15, 0.2) is 60.9 Å². The molecule has 0 saturated heterocycles. The van der Waals surface area contributed by atoms with E-state index < -0.39 is 4.92 Å². The average molecular weight is 410 g/mol. The number of nitro benzene ring substituents is 1. The Labute approximate surface area is 171 Å². The lowest BCUT2D eigenvalue weighted by Crippen LogP contribution is -1.93. The van der Waals surface area contributed by atoms with Crippen molar-refractivity contribution in [3.05, 3.63) is 76.1 Å². The van der Waals surface area contributed by atoms with Crippen LogP contribution in [0.25, 0.3) is 22.0 Å². The molecular weight excluding hydrogens is 394 g/mol. The number of aromatic nitrogens is 2. The number of halogens is 1. The second-order valence-electron chi connectivity index (χ2n) is 6.36. The van der Waals surface area contributed by atoms with Gasteiger partial charge in [0.05, 0.1) is 12.0 Å². The first kappa shape index (κ1) is 18.8. The highest BCUT2D eigenvalue weighted by atomic mass is 35.5. The van der Waals surface area contributed by atoms with Crippen molar-refractivity contribution in [2.24, 2.45) is 7.05 Å². The molecule has 0 radical (unpaired) electrons. The zero-order valence-corrected chi connectivity index (χ0v) is 16.4. The van der Waals surface area contributed by atoms with E-state index >= 15 is 0 Å². The van der Waals surface area contributed by atoms with Gasteiger partial charge < -0.3 is 14.0 Å². The van der Waals surface area contributed by atoms with Crippen LogP contribution in [0.4, 0.5) is 5.69 Å². The molecule has 0 saturated carbocycles. The highest BCUT2D eigenvalue weighted by Crippen LogP contribution is 2.41. The highest BCUT2D eigenvalue weighted by molar-refractivity contribution is 6.30. The predicted octanol–water partition coefficient (Wildman–Crippen LogP) is 5.60. The third-order valence-corrected chi connectivity index (χ3v) is 4.81. The number of rotatable bonds is 5. The summed E-state index contributed by atoms with van der Waals surface area (Å²) >= 11 is 5.94. The number of fused-ring (bicyclic) bond motifs is 1. The van der Waals surface area contributed by atoms with Crippen molar-refractivity contribution in [1.82, 2.24) is 9.55 Å². The van der Waals surface area contributed by atoms with E-state index in [-0.39, 0.29) is 5.69 Å². The third kappa shape index (κ3) is 3.48. The fraction of sp³-hybridized carbons (Fsp3) is 0.0952. The van der Waals surface area contributed by atoms with Crippen LogP contribution in [-0.4, -0.2) is 21.6 Å². The molecule has 0 aliphatic carbocycles. The van der Waals surface area contributed by atoms with E-state index in [1.54, 1.807) is 43.6 Å². The van der Waals surface area contributed by atoms with Gasteiger partial charge in [-0.3, -0.25) is 10.1 Å². The quantitative estimate of drug-likeness (QED) is 0.316. The first-order chi connectivity index (χ1) is 14.0. The summed E-state index contributed by atoms with van der Waals surface area (Å²) in [7, 11) is 3.42. The molecule has 0 unspecified atom stereocenters. The van der Waals surface area contributed by atoms with E-state index in [2.05, 4.69) is 4.98 Å². The molecule has 2 aromatic heterocycles. The summed E-state index contributed by atoms with van der Waals surface area (Å²) in [5, 5.41) is 12.8. The number of pyridine rings is 1. The SMILES string of the molecule is COc1nccc2c(-c3cc([N+](=O)[O-])ccc3Oc3ccc(Cl)cc3)cn(C)c12. The average Bonchev–Trinajstić information content (AvgIpc) is 3.06. The van der Waals surface area contributed by atoms with Crippen molar-refractivity contribution in [3.8, 4) is 28.5 Å². The van der Waals surface area contributed by atoms with Crippen molar-refractivity contribution in [1.29, 1.82) is 0 Å². The van der Waals surface area contributed by atoms with E-state index in [1.807, 2.05) is 23.9 Å². The molecule has 2 heterocycles. The van der Waals surface area contributed by atoms with Gasteiger partial charge in [0.2, 0.25) is 5.88 Å². The van der Waals surface area contributed by atoms with Gasteiger partial charge in [-0.15, -0.1) is 0 Å². The molecular formula is C21H16ClN3O4. The number of nitro groups is 1. The smallest absolute Gasteiger partial charge is 0.270 e. The minimum absolute atomic E-state index is 0.0264. The number of ether oxygens (including phenoxy) is 2. The van der Waals surface area contributed by atoms with Gasteiger partial charge in [-0.25, -0.2) is 4.98 Å². The van der Waals surface area contributed by atoms with E-state index in [4.69, 9.17) is 21.1 Å². The zero-order chi connectivity index (χ0) is 20.5. The first-order valence-corrected chi connectivity index (χ1v) is 9.06. The summed E-state index contributed by atoms with van der Waals surface area (Å²) < 4.78 is 13.3. The summed E-state index contributed by atoms with van der Waals surface area (Å²) in [6.45, 7) is 0. The largest absolute Gasteiger partial charge is 0.479 e. The van der Waals surface area contributed by atoms with Crippen molar-refractivity contribution in [2.75, 3.05) is 7.11 Å². The molecule has 29 heavy (non-hydrogen) atoms. The van der Waals surface area contributed by atoms with E-state index in [0.717, 1.165) is 16.5 Å². The maximum absolute atomic E-state index is 11.4. The van der Waals surface area contributed by atoms with E-state index in [9.17, 15) is 10.1 Å². The standard InChI is InChI=1S/C21H16ClN3O4/c1-24-12-18(16-9-10-23-21(28-2)20(16)24)17-11-14(25(26)27)5-8-19(17)29-15-6-3-13(22)4-7-15/h3-12H,1-2H3. The topological polar surface area (TPSA) is 79.4 Å². The van der Waals surface area contributed by atoms with Gasteiger partial charge in [-0.1, -0.05) is 11.6 Å². The number of methoxy groups -OCH3 is 1.